The first kappa shape index (κ1) is 25.3. The fourth-order valence-corrected chi connectivity index (χ4v) is 4.51. The van der Waals surface area contributed by atoms with E-state index in [0.717, 1.165) is 41.9 Å². The van der Waals surface area contributed by atoms with E-state index in [9.17, 15) is 15.0 Å². The van der Waals surface area contributed by atoms with Crippen molar-refractivity contribution >= 4 is 34.6 Å². The summed E-state index contributed by atoms with van der Waals surface area (Å²) in [5.41, 5.74) is 2.85. The zero-order chi connectivity index (χ0) is 24.0. The van der Waals surface area contributed by atoms with Gasteiger partial charge in [0.1, 0.15) is 0 Å². The van der Waals surface area contributed by atoms with Crippen LogP contribution in [0.4, 0.5) is 17.1 Å². The summed E-state index contributed by atoms with van der Waals surface area (Å²) in [6, 6.07) is 13.9. The third-order valence-corrected chi connectivity index (χ3v) is 6.28. The number of benzene rings is 2. The number of ether oxygens (including phenoxy) is 1. The molecule has 1 fully saturated rings. The maximum absolute atomic E-state index is 11.4. The van der Waals surface area contributed by atoms with Crippen LogP contribution in [0.3, 0.4) is 0 Å². The van der Waals surface area contributed by atoms with E-state index in [-0.39, 0.29) is 18.4 Å². The van der Waals surface area contributed by atoms with E-state index in [2.05, 4.69) is 22.3 Å². The van der Waals surface area contributed by atoms with Crippen LogP contribution in [-0.4, -0.2) is 47.6 Å². The van der Waals surface area contributed by atoms with Gasteiger partial charge in [-0.2, -0.15) is 0 Å². The van der Waals surface area contributed by atoms with Crippen LogP contribution < -0.4 is 10.2 Å². The third-order valence-electron chi connectivity index (χ3n) is 6.03. The van der Waals surface area contributed by atoms with Gasteiger partial charge in [0.15, 0.2) is 0 Å². The summed E-state index contributed by atoms with van der Waals surface area (Å²) in [6.45, 7) is 7.51. The van der Waals surface area contributed by atoms with E-state index in [1.807, 2.05) is 51.1 Å². The normalized spacial score (nSPS) is 15.8. The van der Waals surface area contributed by atoms with Gasteiger partial charge in [-0.3, -0.25) is 4.79 Å². The molecule has 1 aliphatic heterocycles. The highest BCUT2D eigenvalue weighted by molar-refractivity contribution is 6.30. The first-order valence-corrected chi connectivity index (χ1v) is 12.0. The summed E-state index contributed by atoms with van der Waals surface area (Å²) >= 11 is 6.07. The Balaban J connectivity index is 2.05. The Labute approximate surface area is 201 Å². The lowest BCUT2D eigenvalue weighted by molar-refractivity contribution is -0.137. The molecule has 7 heteroatoms. The van der Waals surface area contributed by atoms with Crippen LogP contribution in [0.5, 0.6) is 0 Å². The summed E-state index contributed by atoms with van der Waals surface area (Å²) in [5.74, 6) is -0.878. The molecule has 33 heavy (non-hydrogen) atoms. The number of halogens is 1. The second-order valence-corrected chi connectivity index (χ2v) is 9.83. The van der Waals surface area contributed by atoms with Crippen molar-refractivity contribution < 1.29 is 19.7 Å². The molecular weight excluding hydrogens is 440 g/mol. The van der Waals surface area contributed by atoms with Crippen LogP contribution in [0.1, 0.15) is 57.9 Å². The number of anilines is 3. The molecule has 1 aliphatic rings. The topological polar surface area (TPSA) is 82.0 Å². The van der Waals surface area contributed by atoms with Gasteiger partial charge in [-0.15, -0.1) is 0 Å². The van der Waals surface area contributed by atoms with E-state index >= 15 is 0 Å². The molecule has 3 rings (SSSR count). The number of rotatable bonds is 10. The minimum absolute atomic E-state index is 0.0758. The lowest BCUT2D eigenvalue weighted by Crippen LogP contribution is -2.47. The van der Waals surface area contributed by atoms with Gasteiger partial charge < -0.3 is 25.2 Å². The molecule has 6 nitrogen and oxygen atoms in total. The number of aliphatic carboxylic acids is 1. The van der Waals surface area contributed by atoms with Gasteiger partial charge in [-0.25, -0.2) is 0 Å². The Morgan fingerprint density at radius 1 is 1.21 bits per heavy atom. The molecular formula is C26H35ClN2O4. The Morgan fingerprint density at radius 3 is 2.45 bits per heavy atom. The van der Waals surface area contributed by atoms with Crippen LogP contribution in [0, 0.1) is 0 Å². The Hall–Kier alpha value is -2.28. The molecule has 0 bridgehead atoms. The SMILES string of the molecule is CC[C@H](CC(=O)O)c1ccc(N(CC(C)(C)O)C2CCOCC2)c(Nc2ccc(Cl)cc2)c1. The van der Waals surface area contributed by atoms with Crippen molar-refractivity contribution in [3.8, 4) is 0 Å². The second-order valence-electron chi connectivity index (χ2n) is 9.40. The van der Waals surface area contributed by atoms with Gasteiger partial charge in [0.2, 0.25) is 0 Å². The minimum Gasteiger partial charge on any atom is -0.481 e. The van der Waals surface area contributed by atoms with Gasteiger partial charge >= 0.3 is 5.97 Å². The zero-order valence-corrected chi connectivity index (χ0v) is 20.4. The predicted molar refractivity (Wildman–Crippen MR) is 134 cm³/mol. The van der Waals surface area contributed by atoms with Crippen molar-refractivity contribution in [3.05, 3.63) is 53.1 Å². The number of carboxylic acids is 1. The van der Waals surface area contributed by atoms with Gasteiger partial charge in [-0.1, -0.05) is 24.6 Å². The molecule has 0 saturated carbocycles. The van der Waals surface area contributed by atoms with Crippen LogP contribution in [0.2, 0.25) is 5.02 Å². The molecule has 1 saturated heterocycles. The average molecular weight is 475 g/mol. The number of carboxylic acid groups (broad SMARTS) is 1. The van der Waals surface area contributed by atoms with Crippen molar-refractivity contribution in [2.24, 2.45) is 0 Å². The average Bonchev–Trinajstić information content (AvgIpc) is 2.77. The Bertz CT molecular complexity index is 921. The van der Waals surface area contributed by atoms with E-state index in [4.69, 9.17) is 16.3 Å². The quantitative estimate of drug-likeness (QED) is 0.403. The van der Waals surface area contributed by atoms with Gasteiger partial charge in [0, 0.05) is 36.5 Å². The third kappa shape index (κ3) is 7.36. The van der Waals surface area contributed by atoms with E-state index in [0.29, 0.717) is 24.8 Å². The second kappa shape index (κ2) is 11.2. The molecule has 2 aromatic carbocycles. The fraction of sp³-hybridized carbons (Fsp3) is 0.500. The number of aliphatic hydroxyl groups is 1. The lowest BCUT2D eigenvalue weighted by atomic mass is 9.92. The highest BCUT2D eigenvalue weighted by atomic mass is 35.5. The maximum atomic E-state index is 11.4. The van der Waals surface area contributed by atoms with E-state index in [1.54, 1.807) is 0 Å². The highest BCUT2D eigenvalue weighted by Crippen LogP contribution is 2.37. The summed E-state index contributed by atoms with van der Waals surface area (Å²) in [7, 11) is 0. The molecule has 0 spiro atoms. The molecule has 180 valence electrons. The molecule has 0 aromatic heterocycles. The number of hydrogen-bond donors (Lipinski definition) is 3. The molecule has 2 aromatic rings. The van der Waals surface area contributed by atoms with Crippen molar-refractivity contribution in [2.45, 2.75) is 64.0 Å². The molecule has 0 unspecified atom stereocenters. The maximum Gasteiger partial charge on any atom is 0.303 e. The smallest absolute Gasteiger partial charge is 0.303 e. The first-order chi connectivity index (χ1) is 15.7. The molecule has 3 N–H and O–H groups in total. The number of hydrogen-bond acceptors (Lipinski definition) is 5. The van der Waals surface area contributed by atoms with E-state index in [1.165, 1.54) is 0 Å². The molecule has 0 radical (unpaired) electrons. The number of carbonyl (C=O) groups is 1. The molecule has 1 atom stereocenters. The van der Waals surface area contributed by atoms with Crippen molar-refractivity contribution in [1.29, 1.82) is 0 Å². The Morgan fingerprint density at radius 2 is 1.88 bits per heavy atom. The highest BCUT2D eigenvalue weighted by Gasteiger charge is 2.29. The van der Waals surface area contributed by atoms with Crippen molar-refractivity contribution in [3.63, 3.8) is 0 Å². The molecule has 0 aliphatic carbocycles. The summed E-state index contributed by atoms with van der Waals surface area (Å²) < 4.78 is 5.58. The van der Waals surface area contributed by atoms with Crippen LogP contribution in [0.25, 0.3) is 0 Å². The van der Waals surface area contributed by atoms with Crippen LogP contribution in [-0.2, 0) is 9.53 Å². The molecule has 1 heterocycles. The van der Waals surface area contributed by atoms with Crippen molar-refractivity contribution in [1.82, 2.24) is 0 Å². The largest absolute Gasteiger partial charge is 0.481 e. The van der Waals surface area contributed by atoms with Gasteiger partial charge in [0.05, 0.1) is 23.4 Å². The summed E-state index contributed by atoms with van der Waals surface area (Å²) in [5, 5.41) is 24.2. The first-order valence-electron chi connectivity index (χ1n) is 11.6. The fourth-order valence-electron chi connectivity index (χ4n) is 4.38. The lowest BCUT2D eigenvalue weighted by Gasteiger charge is -2.40. The van der Waals surface area contributed by atoms with Crippen LogP contribution >= 0.6 is 11.6 Å². The standard InChI is InChI=1S/C26H35ClN2O4/c1-4-18(16-25(30)31)19-5-10-24(23(15-19)28-21-8-6-20(27)7-9-21)29(17-26(2,3)32)22-11-13-33-14-12-22/h5-10,15,18,22,28,32H,4,11-14,16-17H2,1-3H3,(H,30,31)/t18-/m1/s1. The zero-order valence-electron chi connectivity index (χ0n) is 19.7. The summed E-state index contributed by atoms with van der Waals surface area (Å²) in [4.78, 5) is 13.7. The number of nitrogens with one attached hydrogen (secondary N) is 1. The Kier molecular flexibility index (Phi) is 8.63. The van der Waals surface area contributed by atoms with E-state index < -0.39 is 11.6 Å². The van der Waals surface area contributed by atoms with Gasteiger partial charge in [0.25, 0.3) is 0 Å². The summed E-state index contributed by atoms with van der Waals surface area (Å²) in [6.07, 6.45) is 2.59. The minimum atomic E-state index is -0.885. The monoisotopic (exact) mass is 474 g/mol. The molecule has 0 amide bonds. The van der Waals surface area contributed by atoms with Crippen molar-refractivity contribution in [2.75, 3.05) is 30.0 Å². The van der Waals surface area contributed by atoms with Crippen LogP contribution in [0.15, 0.2) is 42.5 Å². The number of nitrogens with zero attached hydrogens (tertiary/aromatic N) is 1. The van der Waals surface area contributed by atoms with Gasteiger partial charge in [-0.05, 0) is 81.0 Å². The predicted octanol–water partition coefficient (Wildman–Crippen LogP) is 5.81.